The molecule has 0 atom stereocenters. The number of nitrogens with zero attached hydrogens (tertiary/aromatic N) is 1. The van der Waals surface area contributed by atoms with E-state index in [2.05, 4.69) is 26.6 Å². The Morgan fingerprint density at radius 2 is 1.79 bits per heavy atom. The largest absolute Gasteiger partial charge is 0.341 e. The molecule has 1 N–H and O–H groups in total. The quantitative estimate of drug-likeness (QED) is 0.646. The molecule has 0 bridgehead atoms. The first-order valence-electron chi connectivity index (χ1n) is 6.24. The molecule has 104 valence electrons. The first-order valence-corrected chi connectivity index (χ1v) is 6.24. The van der Waals surface area contributed by atoms with Crippen LogP contribution in [-0.2, 0) is 9.63 Å². The second-order valence-corrected chi connectivity index (χ2v) is 5.39. The van der Waals surface area contributed by atoms with Gasteiger partial charge in [-0.15, -0.1) is 0 Å². The molecule has 1 rings (SSSR count). The maximum atomic E-state index is 11.6. The Hall–Kier alpha value is -1.88. The highest BCUT2D eigenvalue weighted by Gasteiger charge is 2.11. The van der Waals surface area contributed by atoms with Crippen LogP contribution < -0.4 is 5.48 Å². The van der Waals surface area contributed by atoms with Gasteiger partial charge in [0.15, 0.2) is 0 Å². The molecule has 1 amide bonds. The van der Waals surface area contributed by atoms with Crippen LogP contribution in [0, 0.1) is 0 Å². The minimum Gasteiger partial charge on any atom is -0.341 e. The van der Waals surface area contributed by atoms with Crippen LogP contribution in [0.4, 0.5) is 0 Å². The molecule has 0 aliphatic carbocycles. The number of carbonyl (C=O) groups excluding carboxylic acids is 2. The third kappa shape index (κ3) is 6.57. The van der Waals surface area contributed by atoms with Crippen molar-refractivity contribution in [3.63, 3.8) is 0 Å². The van der Waals surface area contributed by atoms with Crippen molar-refractivity contribution in [3.8, 4) is 0 Å². The summed E-state index contributed by atoms with van der Waals surface area (Å²) in [6.45, 7) is 0.877. The summed E-state index contributed by atoms with van der Waals surface area (Å²) in [6.07, 6.45) is 1.02. The molecule has 19 heavy (non-hydrogen) atoms. The van der Waals surface area contributed by atoms with E-state index in [0.717, 1.165) is 17.4 Å². The van der Waals surface area contributed by atoms with E-state index < -0.39 is 11.9 Å². The highest BCUT2D eigenvalue weighted by Crippen LogP contribution is 2.00. The number of carbonyl (C=O) groups is 2. The van der Waals surface area contributed by atoms with E-state index in [1.165, 1.54) is 0 Å². The van der Waals surface area contributed by atoms with Crippen molar-refractivity contribution in [1.29, 1.82) is 0 Å². The molecule has 5 nitrogen and oxygen atoms in total. The van der Waals surface area contributed by atoms with E-state index in [4.69, 9.17) is 4.84 Å². The van der Waals surface area contributed by atoms with Crippen LogP contribution in [-0.4, -0.2) is 44.0 Å². The van der Waals surface area contributed by atoms with E-state index in [1.54, 1.807) is 24.3 Å². The Morgan fingerprint density at radius 1 is 1.16 bits per heavy atom. The monoisotopic (exact) mass is 265 g/mol. The van der Waals surface area contributed by atoms with Gasteiger partial charge in [-0.2, -0.15) is 5.48 Å². The van der Waals surface area contributed by atoms with Crippen molar-refractivity contribution in [2.45, 2.75) is 12.8 Å². The maximum absolute atomic E-state index is 11.6. The van der Waals surface area contributed by atoms with Crippen LogP contribution in [0.5, 0.6) is 0 Å². The molecule has 0 spiro atoms. The lowest BCUT2D eigenvalue weighted by atomic mass is 10.2. The predicted octanol–water partition coefficient (Wildman–Crippen LogP) is 1.36. The number of nitrogens with one attached hydrogen (secondary N) is 1. The topological polar surface area (TPSA) is 55.4 Å². The lowest BCUT2D eigenvalue weighted by Gasteiger charge is -2.23. The fraction of sp³-hybridized carbons (Fsp3) is 0.429. The number of hydrogen-bond acceptors (Lipinski definition) is 3. The minimum atomic E-state index is -0.419. The number of hydroxylamine groups is 1. The maximum Gasteiger partial charge on any atom is 0.332 e. The van der Waals surface area contributed by atoms with Crippen LogP contribution in [0.3, 0.4) is 0 Å². The van der Waals surface area contributed by atoms with Gasteiger partial charge in [-0.05, 0) is 12.1 Å². The molecule has 0 aliphatic rings. The molecule has 0 aromatic heterocycles. The first kappa shape index (κ1) is 15.2. The fourth-order valence-corrected chi connectivity index (χ4v) is 1.50. The first-order chi connectivity index (χ1) is 8.88. The molecule has 1 aromatic rings. The Morgan fingerprint density at radius 3 is 2.37 bits per heavy atom. The zero-order valence-electron chi connectivity index (χ0n) is 11.7. The van der Waals surface area contributed by atoms with Crippen molar-refractivity contribution < 1.29 is 18.9 Å². The Balaban J connectivity index is 2.25. The average Bonchev–Trinajstić information content (AvgIpc) is 2.35. The molecule has 0 fully saturated rings. The smallest absolute Gasteiger partial charge is 0.332 e. The van der Waals surface area contributed by atoms with E-state index in [9.17, 15) is 9.59 Å². The van der Waals surface area contributed by atoms with Gasteiger partial charge in [-0.1, -0.05) is 18.2 Å². The molecule has 5 heteroatoms. The van der Waals surface area contributed by atoms with E-state index >= 15 is 0 Å². The molecular weight excluding hydrogens is 244 g/mol. The Labute approximate surface area is 113 Å². The Bertz CT molecular complexity index is 424. The van der Waals surface area contributed by atoms with Crippen LogP contribution in [0.1, 0.15) is 23.2 Å². The summed E-state index contributed by atoms with van der Waals surface area (Å²) in [4.78, 5) is 27.7. The van der Waals surface area contributed by atoms with Crippen molar-refractivity contribution in [1.82, 2.24) is 5.48 Å². The molecule has 0 radical (unpaired) electrons. The predicted molar refractivity (Wildman–Crippen MR) is 72.1 cm³/mol. The number of quaternary nitrogens is 1. The summed E-state index contributed by atoms with van der Waals surface area (Å²) in [5.41, 5.74) is 2.61. The molecule has 0 saturated heterocycles. The molecule has 0 unspecified atom stereocenters. The molecule has 1 aromatic carbocycles. The summed E-state index contributed by atoms with van der Waals surface area (Å²) in [5, 5.41) is 0. The van der Waals surface area contributed by atoms with Gasteiger partial charge >= 0.3 is 5.97 Å². The van der Waals surface area contributed by atoms with Crippen LogP contribution >= 0.6 is 0 Å². The number of amides is 1. The zero-order valence-corrected chi connectivity index (χ0v) is 11.7. The second kappa shape index (κ2) is 6.89. The molecular formula is C14H21N2O3+. The van der Waals surface area contributed by atoms with E-state index in [0.29, 0.717) is 12.0 Å². The normalized spacial score (nSPS) is 10.9. The molecule has 0 saturated carbocycles. The van der Waals surface area contributed by atoms with Crippen LogP contribution in [0.2, 0.25) is 0 Å². The van der Waals surface area contributed by atoms with Crippen molar-refractivity contribution in [2.24, 2.45) is 0 Å². The van der Waals surface area contributed by atoms with Crippen molar-refractivity contribution >= 4 is 11.9 Å². The van der Waals surface area contributed by atoms with Gasteiger partial charge < -0.3 is 9.32 Å². The standard InChI is InChI=1S/C14H20N2O3/c1-16(2,3)11-7-10-13(17)19-15-14(18)12-8-5-4-6-9-12/h4-6,8-9H,7,10-11H2,1-3H3/p+1. The van der Waals surface area contributed by atoms with Crippen molar-refractivity contribution in [3.05, 3.63) is 35.9 Å². The van der Waals surface area contributed by atoms with Gasteiger partial charge in [0, 0.05) is 12.0 Å². The third-order valence-corrected chi connectivity index (χ3v) is 2.50. The lowest BCUT2D eigenvalue weighted by molar-refractivity contribution is -0.870. The molecule has 0 heterocycles. The highest BCUT2D eigenvalue weighted by molar-refractivity contribution is 5.94. The number of rotatable bonds is 5. The van der Waals surface area contributed by atoms with E-state index in [-0.39, 0.29) is 0 Å². The summed E-state index contributed by atoms with van der Waals surface area (Å²) >= 11 is 0. The molecule has 0 aliphatic heterocycles. The Kier molecular flexibility index (Phi) is 5.51. The average molecular weight is 265 g/mol. The zero-order chi connectivity index (χ0) is 14.3. The lowest BCUT2D eigenvalue weighted by Crippen LogP contribution is -2.35. The van der Waals surface area contributed by atoms with Gasteiger partial charge in [-0.3, -0.25) is 4.79 Å². The summed E-state index contributed by atoms with van der Waals surface area (Å²) in [5.74, 6) is -0.835. The van der Waals surface area contributed by atoms with Gasteiger partial charge in [0.05, 0.1) is 34.1 Å². The summed E-state index contributed by atoms with van der Waals surface area (Å²) in [6, 6.07) is 8.62. The van der Waals surface area contributed by atoms with Gasteiger partial charge in [0.1, 0.15) is 0 Å². The summed E-state index contributed by atoms with van der Waals surface area (Å²) < 4.78 is 0.795. The highest BCUT2D eigenvalue weighted by atomic mass is 16.7. The van der Waals surface area contributed by atoms with Crippen LogP contribution in [0.25, 0.3) is 0 Å². The second-order valence-electron chi connectivity index (χ2n) is 5.39. The minimum absolute atomic E-state index is 0.296. The summed E-state index contributed by atoms with van der Waals surface area (Å²) in [7, 11) is 6.17. The number of benzene rings is 1. The fourth-order valence-electron chi connectivity index (χ4n) is 1.50. The van der Waals surface area contributed by atoms with Crippen molar-refractivity contribution in [2.75, 3.05) is 27.7 Å². The third-order valence-electron chi connectivity index (χ3n) is 2.50. The van der Waals surface area contributed by atoms with Gasteiger partial charge in [0.2, 0.25) is 0 Å². The van der Waals surface area contributed by atoms with Gasteiger partial charge in [0.25, 0.3) is 5.91 Å². The van der Waals surface area contributed by atoms with E-state index in [1.807, 2.05) is 6.07 Å². The number of hydrogen-bond donors (Lipinski definition) is 1. The SMILES string of the molecule is C[N+](C)(C)CCCC(=O)ONC(=O)c1ccccc1. The van der Waals surface area contributed by atoms with Crippen LogP contribution in [0.15, 0.2) is 30.3 Å². The van der Waals surface area contributed by atoms with Gasteiger partial charge in [-0.25, -0.2) is 4.79 Å².